The van der Waals surface area contributed by atoms with Crippen LogP contribution in [0.3, 0.4) is 0 Å². The first-order valence-corrected chi connectivity index (χ1v) is 6.39. The Bertz CT molecular complexity index is 504. The summed E-state index contributed by atoms with van der Waals surface area (Å²) in [5.74, 6) is 0.386. The summed E-state index contributed by atoms with van der Waals surface area (Å²) in [6, 6.07) is 16.9. The normalized spacial score (nSPS) is 12.5. The first-order valence-electron chi connectivity index (χ1n) is 4.81. The molecule has 4 nitrogen and oxygen atoms in total. The molecule has 0 spiro atoms. The smallest absolute Gasteiger partial charge is 0.408 e. The van der Waals surface area contributed by atoms with Crippen LogP contribution >= 0.6 is 7.60 Å². The van der Waals surface area contributed by atoms with E-state index >= 15 is 0 Å². The summed E-state index contributed by atoms with van der Waals surface area (Å²) in [6.07, 6.45) is 0. The molecule has 0 aromatic heterocycles. The zero-order chi connectivity index (χ0) is 11.4. The van der Waals surface area contributed by atoms with Crippen molar-refractivity contribution in [3.05, 3.63) is 60.7 Å². The molecule has 1 atom stereocenters. The Labute approximate surface area is 120 Å². The van der Waals surface area contributed by atoms with E-state index in [1.807, 2.05) is 6.07 Å². The van der Waals surface area contributed by atoms with Crippen molar-refractivity contribution in [2.75, 3.05) is 0 Å². The molecule has 18 heavy (non-hydrogen) atoms. The predicted octanol–water partition coefficient (Wildman–Crippen LogP) is 1.75. The summed E-state index contributed by atoms with van der Waals surface area (Å²) < 4.78 is 17.0. The van der Waals surface area contributed by atoms with Crippen molar-refractivity contribution < 1.29 is 41.2 Å². The summed E-state index contributed by atoms with van der Waals surface area (Å²) >= 11 is 0. The van der Waals surface area contributed by atoms with Gasteiger partial charge in [0, 0.05) is 21.7 Å². The van der Waals surface area contributed by atoms with Crippen LogP contribution in [-0.4, -0.2) is 10.4 Å². The molecule has 2 aromatic rings. The van der Waals surface area contributed by atoms with Gasteiger partial charge < -0.3 is 14.9 Å². The minimum Gasteiger partial charge on any atom is -0.421 e. The number of hydrogen-bond acceptors (Lipinski definition) is 2. The van der Waals surface area contributed by atoms with Gasteiger partial charge in [-0.2, -0.15) is 0 Å². The van der Waals surface area contributed by atoms with E-state index in [-0.39, 0.29) is 27.2 Å². The third-order valence-corrected chi connectivity index (χ3v) is 3.46. The molecule has 1 unspecified atom stereocenters. The molecule has 0 amide bonds. The third-order valence-electron chi connectivity index (χ3n) is 2.05. The van der Waals surface area contributed by atoms with Crippen molar-refractivity contribution in [3.63, 3.8) is 0 Å². The predicted molar refractivity (Wildman–Crippen MR) is 66.6 cm³/mol. The van der Waals surface area contributed by atoms with Crippen molar-refractivity contribution in [1.82, 2.24) is 0 Å². The van der Waals surface area contributed by atoms with Crippen molar-refractivity contribution in [3.8, 4) is 5.75 Å². The van der Waals surface area contributed by atoms with Gasteiger partial charge in [-0.05, 0) is 24.3 Å². The van der Waals surface area contributed by atoms with Crippen molar-refractivity contribution in [2.24, 2.45) is 0 Å². The SMILES string of the molecule is O.O=P(O)(Oc1ccccc1)c1ccccc1.[Ti]. The maximum absolute atomic E-state index is 11.9. The van der Waals surface area contributed by atoms with E-state index in [0.717, 1.165) is 0 Å². The molecule has 0 radical (unpaired) electrons. The van der Waals surface area contributed by atoms with Crippen LogP contribution in [0.5, 0.6) is 5.75 Å². The standard InChI is InChI=1S/C12H11O3P.H2O.Ti/c13-16(14,12-9-5-2-6-10-12)15-11-7-3-1-4-8-11;;/h1-10H,(H,13,14);1H2;. The van der Waals surface area contributed by atoms with Crippen molar-refractivity contribution >= 4 is 12.9 Å². The number of benzene rings is 2. The molecular formula is C12H13O4PTi. The fourth-order valence-corrected chi connectivity index (χ4v) is 2.36. The van der Waals surface area contributed by atoms with Crippen LogP contribution in [0.1, 0.15) is 0 Å². The van der Waals surface area contributed by atoms with Gasteiger partial charge in [-0.1, -0.05) is 36.4 Å². The molecule has 0 saturated carbocycles. The molecule has 0 heterocycles. The molecule has 0 bridgehead atoms. The summed E-state index contributed by atoms with van der Waals surface area (Å²) in [5, 5.41) is 0.291. The quantitative estimate of drug-likeness (QED) is 0.693. The van der Waals surface area contributed by atoms with Crippen LogP contribution in [0.2, 0.25) is 0 Å². The van der Waals surface area contributed by atoms with Gasteiger partial charge in [0.05, 0.1) is 5.30 Å². The first-order chi connectivity index (χ1) is 7.68. The molecule has 3 N–H and O–H groups in total. The monoisotopic (exact) mass is 300 g/mol. The second-order valence-corrected chi connectivity index (χ2v) is 5.00. The number of hydrogen-bond donors (Lipinski definition) is 1. The molecule has 0 aliphatic heterocycles. The Kier molecular flexibility index (Phi) is 7.15. The van der Waals surface area contributed by atoms with Crippen molar-refractivity contribution in [2.45, 2.75) is 0 Å². The van der Waals surface area contributed by atoms with E-state index < -0.39 is 7.60 Å². The zero-order valence-corrected chi connectivity index (χ0v) is 11.9. The zero-order valence-electron chi connectivity index (χ0n) is 9.48. The molecular weight excluding hydrogens is 287 g/mol. The third kappa shape index (κ3) is 4.41. The molecule has 0 saturated heterocycles. The summed E-state index contributed by atoms with van der Waals surface area (Å²) in [6.45, 7) is 0. The van der Waals surface area contributed by atoms with Gasteiger partial charge in [0.2, 0.25) is 0 Å². The van der Waals surface area contributed by atoms with Crippen LogP contribution in [-0.2, 0) is 26.3 Å². The van der Waals surface area contributed by atoms with Crippen molar-refractivity contribution in [1.29, 1.82) is 0 Å². The molecule has 94 valence electrons. The second-order valence-electron chi connectivity index (χ2n) is 3.26. The van der Waals surface area contributed by atoms with Gasteiger partial charge in [-0.15, -0.1) is 0 Å². The molecule has 6 heteroatoms. The van der Waals surface area contributed by atoms with Gasteiger partial charge in [-0.25, -0.2) is 4.57 Å². The van der Waals surface area contributed by atoms with E-state index in [1.165, 1.54) is 0 Å². The van der Waals surface area contributed by atoms with E-state index in [1.54, 1.807) is 54.6 Å². The van der Waals surface area contributed by atoms with Gasteiger partial charge in [0.15, 0.2) is 0 Å². The Hall–Kier alpha value is -0.896. The Balaban J connectivity index is 0.00000144. The van der Waals surface area contributed by atoms with E-state index in [2.05, 4.69) is 0 Å². The van der Waals surface area contributed by atoms with Gasteiger partial charge >= 0.3 is 7.60 Å². The number of rotatable bonds is 3. The van der Waals surface area contributed by atoms with E-state index in [0.29, 0.717) is 11.1 Å². The Morgan fingerprint density at radius 2 is 1.33 bits per heavy atom. The topological polar surface area (TPSA) is 78.0 Å². The maximum atomic E-state index is 11.9. The molecule has 0 fully saturated rings. The molecule has 2 aromatic carbocycles. The Morgan fingerprint density at radius 3 is 1.83 bits per heavy atom. The average Bonchev–Trinajstić information content (AvgIpc) is 2.31. The fraction of sp³-hybridized carbons (Fsp3) is 0. The van der Waals surface area contributed by atoms with Crippen LogP contribution in [0, 0.1) is 0 Å². The minimum absolute atomic E-state index is 0. The summed E-state index contributed by atoms with van der Waals surface area (Å²) in [5.41, 5.74) is 0. The largest absolute Gasteiger partial charge is 0.421 e. The van der Waals surface area contributed by atoms with Gasteiger partial charge in [0.1, 0.15) is 5.75 Å². The van der Waals surface area contributed by atoms with E-state index in [9.17, 15) is 9.46 Å². The Morgan fingerprint density at radius 1 is 0.889 bits per heavy atom. The molecule has 0 aliphatic rings. The van der Waals surface area contributed by atoms with Crippen LogP contribution in [0.4, 0.5) is 0 Å². The second kappa shape index (κ2) is 7.52. The van der Waals surface area contributed by atoms with Gasteiger partial charge in [0.25, 0.3) is 0 Å². The fourth-order valence-electron chi connectivity index (χ4n) is 1.29. The molecule has 2 rings (SSSR count). The van der Waals surface area contributed by atoms with Crippen LogP contribution < -0.4 is 9.83 Å². The minimum atomic E-state index is -3.77. The summed E-state index contributed by atoms with van der Waals surface area (Å²) in [7, 11) is -3.77. The number of para-hydroxylation sites is 1. The van der Waals surface area contributed by atoms with E-state index in [4.69, 9.17) is 4.52 Å². The van der Waals surface area contributed by atoms with Gasteiger partial charge in [-0.3, -0.25) is 0 Å². The average molecular weight is 300 g/mol. The molecule has 0 aliphatic carbocycles. The maximum Gasteiger partial charge on any atom is 0.408 e. The van der Waals surface area contributed by atoms with Crippen LogP contribution in [0.25, 0.3) is 0 Å². The first kappa shape index (κ1) is 17.1. The van der Waals surface area contributed by atoms with Crippen LogP contribution in [0.15, 0.2) is 60.7 Å². The summed E-state index contributed by atoms with van der Waals surface area (Å²) in [4.78, 5) is 9.77.